The molecule has 1 aromatic carbocycles. The van der Waals surface area contributed by atoms with Crippen molar-refractivity contribution in [3.63, 3.8) is 0 Å². The minimum Gasteiger partial charge on any atom is -0.465 e. The number of piperidine rings is 1. The number of amides is 1. The quantitative estimate of drug-likeness (QED) is 0.850. The molecule has 1 atom stereocenters. The molecule has 19 heavy (non-hydrogen) atoms. The summed E-state index contributed by atoms with van der Waals surface area (Å²) in [7, 11) is 0. The van der Waals surface area contributed by atoms with Crippen LogP contribution in [0.2, 0.25) is 5.02 Å². The van der Waals surface area contributed by atoms with Crippen LogP contribution in [0.4, 0.5) is 9.18 Å². The van der Waals surface area contributed by atoms with E-state index in [1.54, 1.807) is 0 Å². The van der Waals surface area contributed by atoms with Gasteiger partial charge in [-0.3, -0.25) is 4.79 Å². The lowest BCUT2D eigenvalue weighted by Crippen LogP contribution is -2.41. The number of hydrogen-bond acceptors (Lipinski definition) is 2. The molecular formula is C13H13ClFNO3. The highest BCUT2D eigenvalue weighted by atomic mass is 35.5. The summed E-state index contributed by atoms with van der Waals surface area (Å²) in [5, 5.41) is 9.09. The molecule has 0 bridgehead atoms. The number of nitrogens with zero attached hydrogens (tertiary/aromatic N) is 1. The van der Waals surface area contributed by atoms with Gasteiger partial charge < -0.3 is 10.0 Å². The van der Waals surface area contributed by atoms with Crippen molar-refractivity contribution in [3.05, 3.63) is 34.6 Å². The van der Waals surface area contributed by atoms with Crippen molar-refractivity contribution in [1.82, 2.24) is 4.90 Å². The molecule has 1 aliphatic heterocycles. The van der Waals surface area contributed by atoms with Crippen LogP contribution in [-0.2, 0) is 0 Å². The predicted molar refractivity (Wildman–Crippen MR) is 68.1 cm³/mol. The van der Waals surface area contributed by atoms with Gasteiger partial charge in [0.25, 0.3) is 0 Å². The number of carboxylic acid groups (broad SMARTS) is 1. The minimum absolute atomic E-state index is 0.155. The molecule has 0 radical (unpaired) electrons. The van der Waals surface area contributed by atoms with E-state index >= 15 is 0 Å². The number of ketones is 1. The summed E-state index contributed by atoms with van der Waals surface area (Å²) in [5.74, 6) is -1.25. The number of carbonyl (C=O) groups excluding carboxylic acids is 1. The molecule has 6 heteroatoms. The lowest BCUT2D eigenvalue weighted by molar-refractivity contribution is 0.0806. The maximum atomic E-state index is 13.2. The van der Waals surface area contributed by atoms with Gasteiger partial charge in [0.2, 0.25) is 0 Å². The maximum absolute atomic E-state index is 13.2. The lowest BCUT2D eigenvalue weighted by atomic mass is 9.90. The monoisotopic (exact) mass is 285 g/mol. The normalized spacial score (nSPS) is 19.3. The first-order valence-electron chi connectivity index (χ1n) is 5.95. The van der Waals surface area contributed by atoms with Crippen molar-refractivity contribution >= 4 is 23.5 Å². The molecule has 2 rings (SSSR count). The minimum atomic E-state index is -1.03. The lowest BCUT2D eigenvalue weighted by Gasteiger charge is -2.29. The molecule has 1 fully saturated rings. The van der Waals surface area contributed by atoms with Crippen LogP contribution in [0.25, 0.3) is 0 Å². The van der Waals surface area contributed by atoms with Gasteiger partial charge in [0, 0.05) is 29.6 Å². The topological polar surface area (TPSA) is 57.6 Å². The first-order chi connectivity index (χ1) is 8.97. The van der Waals surface area contributed by atoms with Crippen LogP contribution in [0.1, 0.15) is 23.2 Å². The standard InChI is InChI=1S/C13H13ClFNO3/c14-10-4-9(5-11(15)6-10)12(17)8-2-1-3-16(7-8)13(18)19/h4-6,8H,1-3,7H2,(H,18,19)/t8-/m1/s1. The Morgan fingerprint density at radius 2 is 2.11 bits per heavy atom. The van der Waals surface area contributed by atoms with Gasteiger partial charge in [-0.05, 0) is 31.0 Å². The summed E-state index contributed by atoms with van der Waals surface area (Å²) in [6.07, 6.45) is 0.206. The number of Topliss-reactive ketones (excluding diaryl/α,β-unsaturated/α-hetero) is 1. The second kappa shape index (κ2) is 5.57. The molecule has 0 unspecified atom stereocenters. The molecule has 0 saturated carbocycles. The van der Waals surface area contributed by atoms with E-state index in [9.17, 15) is 14.0 Å². The van der Waals surface area contributed by atoms with Crippen LogP contribution in [0.3, 0.4) is 0 Å². The van der Waals surface area contributed by atoms with Crippen LogP contribution < -0.4 is 0 Å². The first-order valence-corrected chi connectivity index (χ1v) is 6.33. The van der Waals surface area contributed by atoms with E-state index in [2.05, 4.69) is 0 Å². The highest BCUT2D eigenvalue weighted by Crippen LogP contribution is 2.23. The van der Waals surface area contributed by atoms with Crippen LogP contribution >= 0.6 is 11.6 Å². The maximum Gasteiger partial charge on any atom is 0.407 e. The third-order valence-electron chi connectivity index (χ3n) is 3.21. The zero-order valence-electron chi connectivity index (χ0n) is 10.1. The Morgan fingerprint density at radius 3 is 2.74 bits per heavy atom. The Morgan fingerprint density at radius 1 is 1.37 bits per heavy atom. The Bertz CT molecular complexity index is 500. The average Bonchev–Trinajstić information content (AvgIpc) is 2.37. The van der Waals surface area contributed by atoms with E-state index in [4.69, 9.17) is 16.7 Å². The van der Waals surface area contributed by atoms with E-state index in [0.29, 0.717) is 19.4 Å². The summed E-state index contributed by atoms with van der Waals surface area (Å²) in [6, 6.07) is 3.67. The summed E-state index contributed by atoms with van der Waals surface area (Å²) < 4.78 is 13.2. The second-order valence-corrected chi connectivity index (χ2v) is 5.03. The van der Waals surface area contributed by atoms with Crippen molar-refractivity contribution in [2.24, 2.45) is 5.92 Å². The Balaban J connectivity index is 2.16. The van der Waals surface area contributed by atoms with E-state index in [1.807, 2.05) is 0 Å². The molecule has 1 heterocycles. The van der Waals surface area contributed by atoms with Gasteiger partial charge in [-0.2, -0.15) is 0 Å². The predicted octanol–water partition coefficient (Wildman–Crippen LogP) is 3.05. The van der Waals surface area contributed by atoms with Crippen LogP contribution in [-0.4, -0.2) is 35.0 Å². The van der Waals surface area contributed by atoms with Crippen molar-refractivity contribution < 1.29 is 19.1 Å². The molecule has 0 aliphatic carbocycles. The largest absolute Gasteiger partial charge is 0.465 e. The van der Waals surface area contributed by atoms with E-state index in [0.717, 1.165) is 12.1 Å². The molecule has 1 amide bonds. The zero-order valence-corrected chi connectivity index (χ0v) is 10.9. The van der Waals surface area contributed by atoms with Crippen LogP contribution in [0.5, 0.6) is 0 Å². The van der Waals surface area contributed by atoms with Gasteiger partial charge in [0.15, 0.2) is 5.78 Å². The molecule has 1 saturated heterocycles. The number of likely N-dealkylation sites (tertiary alicyclic amines) is 1. The number of hydrogen-bond donors (Lipinski definition) is 1. The smallest absolute Gasteiger partial charge is 0.407 e. The molecule has 1 aromatic rings. The molecule has 102 valence electrons. The van der Waals surface area contributed by atoms with Gasteiger partial charge in [-0.25, -0.2) is 9.18 Å². The van der Waals surface area contributed by atoms with E-state index in [-0.39, 0.29) is 22.9 Å². The van der Waals surface area contributed by atoms with Crippen molar-refractivity contribution in [1.29, 1.82) is 0 Å². The summed E-state index contributed by atoms with van der Waals surface area (Å²) >= 11 is 5.72. The number of rotatable bonds is 2. The molecular weight excluding hydrogens is 273 g/mol. The summed E-state index contributed by atoms with van der Waals surface area (Å²) in [6.45, 7) is 0.589. The van der Waals surface area contributed by atoms with Gasteiger partial charge in [0.1, 0.15) is 5.82 Å². The Kier molecular flexibility index (Phi) is 4.04. The molecule has 4 nitrogen and oxygen atoms in total. The SMILES string of the molecule is O=C(c1cc(F)cc(Cl)c1)[C@@H]1CCCN(C(=O)O)C1. The summed E-state index contributed by atoms with van der Waals surface area (Å²) in [5.41, 5.74) is 0.197. The average molecular weight is 286 g/mol. The molecule has 0 aromatic heterocycles. The highest BCUT2D eigenvalue weighted by Gasteiger charge is 2.29. The van der Waals surface area contributed by atoms with Crippen molar-refractivity contribution in [2.45, 2.75) is 12.8 Å². The van der Waals surface area contributed by atoms with Crippen molar-refractivity contribution in [3.8, 4) is 0 Å². The Labute approximate surface area is 114 Å². The van der Waals surface area contributed by atoms with Crippen molar-refractivity contribution in [2.75, 3.05) is 13.1 Å². The molecule has 1 aliphatic rings. The van der Waals surface area contributed by atoms with E-state index in [1.165, 1.54) is 11.0 Å². The second-order valence-electron chi connectivity index (χ2n) is 4.59. The number of benzene rings is 1. The molecule has 0 spiro atoms. The molecule has 1 N–H and O–H groups in total. The van der Waals surface area contributed by atoms with Crippen LogP contribution in [0, 0.1) is 11.7 Å². The van der Waals surface area contributed by atoms with Gasteiger partial charge in [-0.1, -0.05) is 11.6 Å². The fraction of sp³-hybridized carbons (Fsp3) is 0.385. The highest BCUT2D eigenvalue weighted by molar-refractivity contribution is 6.31. The number of carbonyl (C=O) groups is 2. The summed E-state index contributed by atoms with van der Waals surface area (Å²) in [4.78, 5) is 24.3. The fourth-order valence-electron chi connectivity index (χ4n) is 2.30. The third kappa shape index (κ3) is 3.23. The van der Waals surface area contributed by atoms with Gasteiger partial charge >= 0.3 is 6.09 Å². The zero-order chi connectivity index (χ0) is 14.0. The van der Waals surface area contributed by atoms with E-state index < -0.39 is 17.8 Å². The Hall–Kier alpha value is -1.62. The van der Waals surface area contributed by atoms with Gasteiger partial charge in [0.05, 0.1) is 0 Å². The third-order valence-corrected chi connectivity index (χ3v) is 3.43. The first kappa shape index (κ1) is 13.8. The number of halogens is 2. The van der Waals surface area contributed by atoms with Crippen LogP contribution in [0.15, 0.2) is 18.2 Å². The van der Waals surface area contributed by atoms with Gasteiger partial charge in [-0.15, -0.1) is 0 Å². The fourth-order valence-corrected chi connectivity index (χ4v) is 2.52.